The molecule has 0 fully saturated rings. The molecule has 1 atom stereocenters. The Kier molecular flexibility index (Phi) is 4.05. The molecule has 0 aliphatic carbocycles. The number of hydrogen-bond acceptors (Lipinski definition) is 2. The fraction of sp³-hybridized carbons (Fsp3) is 0.333. The van der Waals surface area contributed by atoms with Gasteiger partial charge in [0.2, 0.25) is 0 Å². The minimum atomic E-state index is 0.386. The van der Waals surface area contributed by atoms with Gasteiger partial charge in [-0.25, -0.2) is 0 Å². The molecule has 2 aromatic rings. The van der Waals surface area contributed by atoms with Gasteiger partial charge in [0.25, 0.3) is 0 Å². The van der Waals surface area contributed by atoms with E-state index < -0.39 is 0 Å². The monoisotopic (exact) mass is 244 g/mol. The number of nitrogens with zero attached hydrogens (tertiary/aromatic N) is 1. The Morgan fingerprint density at radius 3 is 2.89 bits per heavy atom. The Labute approximate surface area is 108 Å². The van der Waals surface area contributed by atoms with Crippen LogP contribution in [0.1, 0.15) is 24.1 Å². The normalized spacial score (nSPS) is 12.4. The molecule has 0 aliphatic rings. The molecule has 1 unspecified atom stereocenters. The molecule has 0 saturated carbocycles. The zero-order valence-electron chi connectivity index (χ0n) is 11.2. The van der Waals surface area contributed by atoms with E-state index in [4.69, 9.17) is 4.74 Å². The van der Waals surface area contributed by atoms with Gasteiger partial charge in [-0.2, -0.15) is 0 Å². The summed E-state index contributed by atoms with van der Waals surface area (Å²) in [5, 5.41) is 3.24. The molecular formula is C15H20N2O. The molecule has 1 N–H and O–H groups in total. The molecule has 1 heterocycles. The van der Waals surface area contributed by atoms with Crippen molar-refractivity contribution in [3.05, 3.63) is 53.9 Å². The Morgan fingerprint density at radius 1 is 1.33 bits per heavy atom. The lowest BCUT2D eigenvalue weighted by molar-refractivity contribution is 0.414. The summed E-state index contributed by atoms with van der Waals surface area (Å²) < 4.78 is 7.43. The fourth-order valence-corrected chi connectivity index (χ4v) is 1.96. The molecule has 0 radical (unpaired) electrons. The number of nitrogens with one attached hydrogen (secondary N) is 1. The summed E-state index contributed by atoms with van der Waals surface area (Å²) in [7, 11) is 3.67. The van der Waals surface area contributed by atoms with Gasteiger partial charge in [0.15, 0.2) is 0 Å². The van der Waals surface area contributed by atoms with Crippen molar-refractivity contribution in [2.45, 2.75) is 19.5 Å². The molecule has 1 aromatic carbocycles. The van der Waals surface area contributed by atoms with E-state index >= 15 is 0 Å². The summed E-state index contributed by atoms with van der Waals surface area (Å²) in [5.74, 6) is 0.906. The molecule has 3 nitrogen and oxygen atoms in total. The predicted octanol–water partition coefficient (Wildman–Crippen LogP) is 2.83. The van der Waals surface area contributed by atoms with Crippen LogP contribution in [0.25, 0.3) is 0 Å². The minimum absolute atomic E-state index is 0.386. The maximum atomic E-state index is 5.23. The van der Waals surface area contributed by atoms with Crippen molar-refractivity contribution in [3.8, 4) is 5.75 Å². The highest BCUT2D eigenvalue weighted by atomic mass is 16.5. The lowest BCUT2D eigenvalue weighted by atomic mass is 10.2. The van der Waals surface area contributed by atoms with Crippen molar-refractivity contribution < 1.29 is 4.74 Å². The van der Waals surface area contributed by atoms with Crippen LogP contribution < -0.4 is 10.1 Å². The maximum absolute atomic E-state index is 5.23. The van der Waals surface area contributed by atoms with Crippen LogP contribution in [0.4, 0.5) is 0 Å². The molecule has 0 bridgehead atoms. The van der Waals surface area contributed by atoms with Gasteiger partial charge < -0.3 is 14.6 Å². The molecule has 3 heteroatoms. The smallest absolute Gasteiger partial charge is 0.119 e. The molecular weight excluding hydrogens is 224 g/mol. The van der Waals surface area contributed by atoms with E-state index in [1.807, 2.05) is 19.2 Å². The summed E-state index contributed by atoms with van der Waals surface area (Å²) in [6.45, 7) is 3.03. The van der Waals surface area contributed by atoms with Gasteiger partial charge in [-0.05, 0) is 43.3 Å². The van der Waals surface area contributed by atoms with Crippen LogP contribution in [-0.2, 0) is 6.54 Å². The lowest BCUT2D eigenvalue weighted by Gasteiger charge is -2.08. The zero-order chi connectivity index (χ0) is 13.0. The van der Waals surface area contributed by atoms with Crippen LogP contribution in [0.3, 0.4) is 0 Å². The predicted molar refractivity (Wildman–Crippen MR) is 74.0 cm³/mol. The standard InChI is InChI=1S/C15H20N2O/c1-12(16-2)14-7-8-17(11-14)10-13-5-4-6-15(9-13)18-3/h4-9,11-12,16H,10H2,1-3H3. The topological polar surface area (TPSA) is 26.2 Å². The molecule has 2 rings (SSSR count). The van der Waals surface area contributed by atoms with Crippen LogP contribution in [0, 0.1) is 0 Å². The average molecular weight is 244 g/mol. The van der Waals surface area contributed by atoms with Crippen molar-refractivity contribution >= 4 is 0 Å². The molecule has 0 saturated heterocycles. The molecule has 0 spiro atoms. The van der Waals surface area contributed by atoms with Crippen LogP contribution in [0.2, 0.25) is 0 Å². The third-order valence-corrected chi connectivity index (χ3v) is 3.21. The van der Waals surface area contributed by atoms with Crippen molar-refractivity contribution in [1.29, 1.82) is 0 Å². The van der Waals surface area contributed by atoms with E-state index in [0.717, 1.165) is 12.3 Å². The van der Waals surface area contributed by atoms with Crippen LogP contribution in [0.5, 0.6) is 5.75 Å². The van der Waals surface area contributed by atoms with Crippen molar-refractivity contribution in [2.24, 2.45) is 0 Å². The SMILES string of the molecule is CNC(C)c1ccn(Cc2cccc(OC)c2)c1. The molecule has 0 aliphatic heterocycles. The van der Waals surface area contributed by atoms with Crippen LogP contribution in [0.15, 0.2) is 42.7 Å². The number of rotatable bonds is 5. The first-order valence-corrected chi connectivity index (χ1v) is 6.19. The third-order valence-electron chi connectivity index (χ3n) is 3.21. The maximum Gasteiger partial charge on any atom is 0.119 e. The summed E-state index contributed by atoms with van der Waals surface area (Å²) in [5.41, 5.74) is 2.55. The van der Waals surface area contributed by atoms with E-state index in [1.54, 1.807) is 7.11 Å². The highest BCUT2D eigenvalue weighted by Gasteiger charge is 2.04. The second kappa shape index (κ2) is 5.74. The second-order valence-electron chi connectivity index (χ2n) is 4.48. The third kappa shape index (κ3) is 2.93. The van der Waals surface area contributed by atoms with E-state index in [1.165, 1.54) is 11.1 Å². The van der Waals surface area contributed by atoms with Gasteiger partial charge in [0, 0.05) is 25.0 Å². The number of ether oxygens (including phenoxy) is 1. The summed E-state index contributed by atoms with van der Waals surface area (Å²) in [6, 6.07) is 10.7. The number of methoxy groups -OCH3 is 1. The van der Waals surface area contributed by atoms with Crippen LogP contribution in [-0.4, -0.2) is 18.7 Å². The minimum Gasteiger partial charge on any atom is -0.497 e. The number of aromatic nitrogens is 1. The lowest BCUT2D eigenvalue weighted by Crippen LogP contribution is -2.11. The summed E-state index contributed by atoms with van der Waals surface area (Å²) in [6.07, 6.45) is 4.29. The van der Waals surface area contributed by atoms with Gasteiger partial charge in [0.1, 0.15) is 5.75 Å². The Balaban J connectivity index is 2.11. The highest BCUT2D eigenvalue weighted by molar-refractivity contribution is 5.29. The second-order valence-corrected chi connectivity index (χ2v) is 4.48. The van der Waals surface area contributed by atoms with Gasteiger partial charge >= 0.3 is 0 Å². The Bertz CT molecular complexity index is 505. The van der Waals surface area contributed by atoms with E-state index in [2.05, 4.69) is 47.4 Å². The van der Waals surface area contributed by atoms with Gasteiger partial charge in [0.05, 0.1) is 7.11 Å². The first kappa shape index (κ1) is 12.7. The van der Waals surface area contributed by atoms with E-state index in [-0.39, 0.29) is 0 Å². The first-order valence-electron chi connectivity index (χ1n) is 6.19. The first-order chi connectivity index (χ1) is 8.72. The summed E-state index contributed by atoms with van der Waals surface area (Å²) >= 11 is 0. The largest absolute Gasteiger partial charge is 0.497 e. The fourth-order valence-electron chi connectivity index (χ4n) is 1.96. The molecule has 18 heavy (non-hydrogen) atoms. The molecule has 0 amide bonds. The van der Waals surface area contributed by atoms with Gasteiger partial charge in [-0.1, -0.05) is 12.1 Å². The highest BCUT2D eigenvalue weighted by Crippen LogP contribution is 2.16. The van der Waals surface area contributed by atoms with E-state index in [9.17, 15) is 0 Å². The van der Waals surface area contributed by atoms with Crippen molar-refractivity contribution in [1.82, 2.24) is 9.88 Å². The molecule has 96 valence electrons. The van der Waals surface area contributed by atoms with Gasteiger partial charge in [-0.3, -0.25) is 0 Å². The van der Waals surface area contributed by atoms with Crippen LogP contribution >= 0.6 is 0 Å². The Hall–Kier alpha value is -1.74. The van der Waals surface area contributed by atoms with E-state index in [0.29, 0.717) is 6.04 Å². The van der Waals surface area contributed by atoms with Crippen molar-refractivity contribution in [3.63, 3.8) is 0 Å². The van der Waals surface area contributed by atoms with Gasteiger partial charge in [-0.15, -0.1) is 0 Å². The Morgan fingerprint density at radius 2 is 2.17 bits per heavy atom. The molecule has 1 aromatic heterocycles. The van der Waals surface area contributed by atoms with Crippen molar-refractivity contribution in [2.75, 3.05) is 14.2 Å². The summed E-state index contributed by atoms with van der Waals surface area (Å²) in [4.78, 5) is 0. The zero-order valence-corrected chi connectivity index (χ0v) is 11.2. The number of benzene rings is 1. The quantitative estimate of drug-likeness (QED) is 0.875. The number of hydrogen-bond donors (Lipinski definition) is 1. The average Bonchev–Trinajstić information content (AvgIpc) is 2.86.